The van der Waals surface area contributed by atoms with Gasteiger partial charge in [-0.2, -0.15) is 4.98 Å². The van der Waals surface area contributed by atoms with E-state index in [1.807, 2.05) is 12.1 Å². The summed E-state index contributed by atoms with van der Waals surface area (Å²) in [5.74, 6) is 1.18. The Morgan fingerprint density at radius 1 is 1.37 bits per heavy atom. The van der Waals surface area contributed by atoms with Crippen molar-refractivity contribution in [1.82, 2.24) is 14.6 Å². The molecule has 0 saturated heterocycles. The van der Waals surface area contributed by atoms with Crippen LogP contribution >= 0.6 is 11.6 Å². The Balaban J connectivity index is 1.80. The molecule has 3 rings (SSSR count). The summed E-state index contributed by atoms with van der Waals surface area (Å²) in [6.07, 6.45) is 6.60. The van der Waals surface area contributed by atoms with Gasteiger partial charge in [-0.1, -0.05) is 24.4 Å². The Morgan fingerprint density at radius 2 is 2.21 bits per heavy atom. The summed E-state index contributed by atoms with van der Waals surface area (Å²) in [5, 5.41) is 8.48. The van der Waals surface area contributed by atoms with Crippen molar-refractivity contribution in [3.63, 3.8) is 0 Å². The van der Waals surface area contributed by atoms with Gasteiger partial charge in [0.05, 0.1) is 5.02 Å². The number of fused-ring (bicyclic) bond motifs is 1. The lowest BCUT2D eigenvalue weighted by molar-refractivity contribution is 0.331. The van der Waals surface area contributed by atoms with E-state index in [1.165, 1.54) is 19.3 Å². The van der Waals surface area contributed by atoms with Crippen LogP contribution in [0.5, 0.6) is 0 Å². The monoisotopic (exact) mass is 279 g/mol. The van der Waals surface area contributed by atoms with Gasteiger partial charge in [-0.05, 0) is 37.4 Å². The maximum absolute atomic E-state index is 5.94. The van der Waals surface area contributed by atoms with Crippen LogP contribution in [0.1, 0.15) is 25.7 Å². The fourth-order valence-corrected chi connectivity index (χ4v) is 2.92. The molecule has 2 aromatic heterocycles. The van der Waals surface area contributed by atoms with Gasteiger partial charge < -0.3 is 11.1 Å². The number of hydrogen-bond donors (Lipinski definition) is 2. The lowest BCUT2D eigenvalue weighted by atomic mass is 9.84. The fourth-order valence-electron chi connectivity index (χ4n) is 2.76. The van der Waals surface area contributed by atoms with E-state index in [9.17, 15) is 0 Å². The van der Waals surface area contributed by atoms with Gasteiger partial charge in [-0.25, -0.2) is 4.52 Å². The van der Waals surface area contributed by atoms with E-state index in [1.54, 1.807) is 10.7 Å². The molecule has 0 radical (unpaired) electrons. The number of rotatable bonds is 3. The number of halogens is 1. The Hall–Kier alpha value is -1.33. The van der Waals surface area contributed by atoms with Gasteiger partial charge in [0.15, 0.2) is 5.65 Å². The van der Waals surface area contributed by atoms with Crippen LogP contribution in [0.2, 0.25) is 5.02 Å². The highest BCUT2D eigenvalue weighted by Crippen LogP contribution is 2.26. The smallest absolute Gasteiger partial charge is 0.243 e. The fraction of sp³-hybridized carbons (Fsp3) is 0.538. The Kier molecular flexibility index (Phi) is 3.57. The largest absolute Gasteiger partial charge is 0.350 e. The summed E-state index contributed by atoms with van der Waals surface area (Å²) < 4.78 is 1.70. The summed E-state index contributed by atoms with van der Waals surface area (Å²) >= 11 is 5.94. The number of anilines is 1. The Labute approximate surface area is 117 Å². The van der Waals surface area contributed by atoms with Crippen LogP contribution in [0.15, 0.2) is 18.3 Å². The molecule has 0 spiro atoms. The Morgan fingerprint density at radius 3 is 3.05 bits per heavy atom. The topological polar surface area (TPSA) is 68.2 Å². The van der Waals surface area contributed by atoms with Crippen molar-refractivity contribution < 1.29 is 0 Å². The maximum atomic E-state index is 5.94. The molecular weight excluding hydrogens is 262 g/mol. The van der Waals surface area contributed by atoms with E-state index in [0.717, 1.165) is 18.6 Å². The molecule has 6 heteroatoms. The van der Waals surface area contributed by atoms with E-state index < -0.39 is 0 Å². The second-order valence-electron chi connectivity index (χ2n) is 5.12. The highest BCUT2D eigenvalue weighted by atomic mass is 35.5. The first-order chi connectivity index (χ1) is 9.26. The van der Waals surface area contributed by atoms with Crippen molar-refractivity contribution in [2.24, 2.45) is 11.7 Å². The molecule has 0 amide bonds. The molecule has 1 saturated carbocycles. The molecule has 0 aliphatic heterocycles. The lowest BCUT2D eigenvalue weighted by Crippen LogP contribution is -2.37. The highest BCUT2D eigenvalue weighted by molar-refractivity contribution is 6.30. The van der Waals surface area contributed by atoms with Gasteiger partial charge in [0.1, 0.15) is 0 Å². The number of nitrogens with zero attached hydrogens (tertiary/aromatic N) is 3. The first-order valence-corrected chi connectivity index (χ1v) is 7.12. The first-order valence-electron chi connectivity index (χ1n) is 6.75. The van der Waals surface area contributed by atoms with Crippen LogP contribution < -0.4 is 11.1 Å². The molecular formula is C13H18ClN5. The van der Waals surface area contributed by atoms with Crippen molar-refractivity contribution >= 4 is 23.2 Å². The molecule has 1 fully saturated rings. The second-order valence-corrected chi connectivity index (χ2v) is 5.55. The quantitative estimate of drug-likeness (QED) is 0.905. The molecule has 1 aliphatic rings. The molecule has 2 aromatic rings. The maximum Gasteiger partial charge on any atom is 0.243 e. The van der Waals surface area contributed by atoms with Crippen molar-refractivity contribution in [3.8, 4) is 0 Å². The number of hydrogen-bond acceptors (Lipinski definition) is 4. The van der Waals surface area contributed by atoms with Crippen LogP contribution in [0.4, 0.5) is 5.95 Å². The summed E-state index contributed by atoms with van der Waals surface area (Å²) in [7, 11) is 0. The Bertz CT molecular complexity index is 567. The normalized spacial score (nSPS) is 23.7. The van der Waals surface area contributed by atoms with E-state index >= 15 is 0 Å². The van der Waals surface area contributed by atoms with Crippen molar-refractivity contribution in [2.75, 3.05) is 11.9 Å². The van der Waals surface area contributed by atoms with Crippen LogP contribution in [-0.2, 0) is 0 Å². The van der Waals surface area contributed by atoms with Gasteiger partial charge in [-0.3, -0.25) is 0 Å². The second kappa shape index (κ2) is 5.35. The minimum atomic E-state index is 0.381. The molecule has 0 aromatic carbocycles. The van der Waals surface area contributed by atoms with Gasteiger partial charge in [-0.15, -0.1) is 5.10 Å². The van der Waals surface area contributed by atoms with Gasteiger partial charge in [0.2, 0.25) is 5.95 Å². The minimum absolute atomic E-state index is 0.381. The predicted octanol–water partition coefficient (Wildman–Crippen LogP) is 2.31. The van der Waals surface area contributed by atoms with E-state index in [-0.39, 0.29) is 0 Å². The summed E-state index contributed by atoms with van der Waals surface area (Å²) in [6.45, 7) is 0.719. The zero-order chi connectivity index (χ0) is 13.2. The van der Waals surface area contributed by atoms with Crippen molar-refractivity contribution in [2.45, 2.75) is 31.7 Å². The molecule has 2 atom stereocenters. The van der Waals surface area contributed by atoms with E-state index in [4.69, 9.17) is 17.3 Å². The highest BCUT2D eigenvalue weighted by Gasteiger charge is 2.24. The SMILES string of the molecule is NCC1CCCCC1Nc1nc2ccc(Cl)cn2n1. The van der Waals surface area contributed by atoms with Crippen LogP contribution in [0.25, 0.3) is 5.65 Å². The summed E-state index contributed by atoms with van der Waals surface area (Å²) in [4.78, 5) is 4.46. The standard InChI is InChI=1S/C13H18ClN5/c14-10-5-6-12-17-13(18-19(12)8-10)16-11-4-2-1-3-9(11)7-15/h5-6,8-9,11H,1-4,7,15H2,(H,16,18). The zero-order valence-corrected chi connectivity index (χ0v) is 11.5. The third kappa shape index (κ3) is 2.67. The number of aromatic nitrogens is 3. The summed E-state index contributed by atoms with van der Waals surface area (Å²) in [5.41, 5.74) is 6.64. The van der Waals surface area contributed by atoms with E-state index in [0.29, 0.717) is 22.9 Å². The molecule has 5 nitrogen and oxygen atoms in total. The number of nitrogens with one attached hydrogen (secondary N) is 1. The third-order valence-corrected chi connectivity index (χ3v) is 4.04. The molecule has 3 N–H and O–H groups in total. The van der Waals surface area contributed by atoms with Crippen LogP contribution in [0, 0.1) is 5.92 Å². The molecule has 2 heterocycles. The van der Waals surface area contributed by atoms with Gasteiger partial charge >= 0.3 is 0 Å². The van der Waals surface area contributed by atoms with Gasteiger partial charge in [0.25, 0.3) is 0 Å². The third-order valence-electron chi connectivity index (χ3n) is 3.82. The number of pyridine rings is 1. The van der Waals surface area contributed by atoms with Crippen LogP contribution in [-0.4, -0.2) is 27.2 Å². The van der Waals surface area contributed by atoms with Crippen molar-refractivity contribution in [3.05, 3.63) is 23.4 Å². The predicted molar refractivity (Wildman–Crippen MR) is 76.4 cm³/mol. The molecule has 0 bridgehead atoms. The first kappa shape index (κ1) is 12.7. The minimum Gasteiger partial charge on any atom is -0.350 e. The van der Waals surface area contributed by atoms with Crippen LogP contribution in [0.3, 0.4) is 0 Å². The molecule has 102 valence electrons. The van der Waals surface area contributed by atoms with Crippen molar-refractivity contribution in [1.29, 1.82) is 0 Å². The molecule has 1 aliphatic carbocycles. The number of nitrogens with two attached hydrogens (primary N) is 1. The molecule has 19 heavy (non-hydrogen) atoms. The zero-order valence-electron chi connectivity index (χ0n) is 10.7. The van der Waals surface area contributed by atoms with E-state index in [2.05, 4.69) is 15.4 Å². The average molecular weight is 280 g/mol. The summed E-state index contributed by atoms with van der Waals surface area (Å²) in [6, 6.07) is 4.06. The average Bonchev–Trinajstić information content (AvgIpc) is 2.80. The van der Waals surface area contributed by atoms with Gasteiger partial charge in [0, 0.05) is 12.2 Å². The lowest BCUT2D eigenvalue weighted by Gasteiger charge is -2.30. The molecule has 2 unspecified atom stereocenters.